The molecule has 3 heteroatoms. The van der Waals surface area contributed by atoms with Gasteiger partial charge in [-0.15, -0.1) is 0 Å². The molecule has 2 nitrogen and oxygen atoms in total. The van der Waals surface area contributed by atoms with Gasteiger partial charge in [-0.25, -0.2) is 0 Å². The minimum atomic E-state index is -0.582. The fourth-order valence-corrected chi connectivity index (χ4v) is 2.56. The summed E-state index contributed by atoms with van der Waals surface area (Å²) in [6, 6.07) is 7.99. The summed E-state index contributed by atoms with van der Waals surface area (Å²) in [7, 11) is 0. The maximum absolute atomic E-state index is 9.68. The third kappa shape index (κ3) is 1.72. The number of rotatable bonds is 1. The van der Waals surface area contributed by atoms with Crippen molar-refractivity contribution in [2.24, 2.45) is 5.73 Å². The van der Waals surface area contributed by atoms with Crippen LogP contribution < -0.4 is 5.73 Å². The van der Waals surface area contributed by atoms with Crippen LogP contribution in [-0.2, 0) is 5.54 Å². The van der Waals surface area contributed by atoms with Gasteiger partial charge in [0.05, 0.1) is 5.60 Å². The van der Waals surface area contributed by atoms with Crippen LogP contribution in [0, 0.1) is 0 Å². The summed E-state index contributed by atoms with van der Waals surface area (Å²) in [5.74, 6) is 0. The van der Waals surface area contributed by atoms with E-state index in [1.807, 2.05) is 31.2 Å². The summed E-state index contributed by atoms with van der Waals surface area (Å²) in [6.07, 6.45) is 1.28. The fourth-order valence-electron chi connectivity index (χ4n) is 2.29. The van der Waals surface area contributed by atoms with Crippen molar-refractivity contribution in [3.05, 3.63) is 34.3 Å². The second kappa shape index (κ2) is 3.05. The Morgan fingerprint density at radius 2 is 1.79 bits per heavy atom. The third-order valence-electron chi connectivity index (χ3n) is 2.81. The summed E-state index contributed by atoms with van der Waals surface area (Å²) >= 11 is 3.38. The van der Waals surface area contributed by atoms with E-state index in [-0.39, 0.29) is 5.54 Å². The second-order valence-corrected chi connectivity index (χ2v) is 5.43. The Bertz CT molecular complexity index is 337. The first-order chi connectivity index (χ1) is 6.41. The monoisotopic (exact) mass is 255 g/mol. The van der Waals surface area contributed by atoms with Crippen LogP contribution in [0.3, 0.4) is 0 Å². The smallest absolute Gasteiger partial charge is 0.0661 e. The molecule has 1 saturated carbocycles. The summed E-state index contributed by atoms with van der Waals surface area (Å²) in [5, 5.41) is 9.68. The van der Waals surface area contributed by atoms with Crippen molar-refractivity contribution >= 4 is 15.9 Å². The lowest BCUT2D eigenvalue weighted by molar-refractivity contribution is -0.0738. The van der Waals surface area contributed by atoms with Crippen molar-refractivity contribution in [3.63, 3.8) is 0 Å². The molecule has 0 saturated heterocycles. The molecule has 2 rings (SSSR count). The first-order valence-corrected chi connectivity index (χ1v) is 5.48. The molecule has 0 heterocycles. The molecule has 76 valence electrons. The average molecular weight is 256 g/mol. The number of hydrogen-bond donors (Lipinski definition) is 2. The molecule has 0 atom stereocenters. The highest BCUT2D eigenvalue weighted by Crippen LogP contribution is 2.46. The largest absolute Gasteiger partial charge is 0.390 e. The third-order valence-corrected chi connectivity index (χ3v) is 3.34. The topological polar surface area (TPSA) is 46.2 Å². The molecule has 0 amide bonds. The van der Waals surface area contributed by atoms with Crippen LogP contribution in [0.1, 0.15) is 25.3 Å². The number of nitrogens with two attached hydrogens (primary N) is 1. The molecular formula is C11H14BrNO. The van der Waals surface area contributed by atoms with Crippen molar-refractivity contribution in [3.8, 4) is 0 Å². The van der Waals surface area contributed by atoms with E-state index in [0.717, 1.165) is 10.0 Å². The molecule has 3 N–H and O–H groups in total. The standard InChI is InChI=1S/C11H14BrNO/c1-10(14)6-11(13,7-10)8-2-4-9(12)5-3-8/h2-5,14H,6-7,13H2,1H3. The molecule has 0 aliphatic heterocycles. The van der Waals surface area contributed by atoms with Crippen LogP contribution in [0.2, 0.25) is 0 Å². The van der Waals surface area contributed by atoms with E-state index in [1.165, 1.54) is 0 Å². The fraction of sp³-hybridized carbons (Fsp3) is 0.455. The first kappa shape index (κ1) is 10.1. The van der Waals surface area contributed by atoms with Gasteiger partial charge in [0.15, 0.2) is 0 Å². The van der Waals surface area contributed by atoms with Crippen LogP contribution in [0.15, 0.2) is 28.7 Å². The van der Waals surface area contributed by atoms with E-state index in [2.05, 4.69) is 15.9 Å². The van der Waals surface area contributed by atoms with Crippen LogP contribution in [0.25, 0.3) is 0 Å². The molecule has 14 heavy (non-hydrogen) atoms. The van der Waals surface area contributed by atoms with Gasteiger partial charge in [0, 0.05) is 10.0 Å². The second-order valence-electron chi connectivity index (χ2n) is 4.51. The summed E-state index contributed by atoms with van der Waals surface area (Å²) in [5.41, 5.74) is 6.37. The van der Waals surface area contributed by atoms with E-state index >= 15 is 0 Å². The quantitative estimate of drug-likeness (QED) is 0.808. The van der Waals surface area contributed by atoms with E-state index < -0.39 is 5.60 Å². The maximum atomic E-state index is 9.68. The number of aliphatic hydroxyl groups is 1. The Morgan fingerprint density at radius 1 is 1.29 bits per heavy atom. The van der Waals surface area contributed by atoms with E-state index in [9.17, 15) is 5.11 Å². The van der Waals surface area contributed by atoms with E-state index in [1.54, 1.807) is 0 Å². The van der Waals surface area contributed by atoms with Crippen molar-refractivity contribution in [2.45, 2.75) is 30.9 Å². The molecule has 1 aliphatic rings. The Morgan fingerprint density at radius 3 is 2.21 bits per heavy atom. The minimum absolute atomic E-state index is 0.329. The zero-order chi connectivity index (χ0) is 10.4. The highest BCUT2D eigenvalue weighted by atomic mass is 79.9. The molecule has 0 bridgehead atoms. The van der Waals surface area contributed by atoms with Crippen LogP contribution in [-0.4, -0.2) is 10.7 Å². The molecule has 1 aliphatic carbocycles. The highest BCUT2D eigenvalue weighted by Gasteiger charge is 2.49. The number of benzene rings is 1. The lowest BCUT2D eigenvalue weighted by Crippen LogP contribution is -2.58. The Kier molecular flexibility index (Phi) is 2.21. The van der Waals surface area contributed by atoms with Crippen molar-refractivity contribution in [2.75, 3.05) is 0 Å². The lowest BCUT2D eigenvalue weighted by Gasteiger charge is -2.49. The average Bonchev–Trinajstić information content (AvgIpc) is 2.01. The van der Waals surface area contributed by atoms with Gasteiger partial charge in [-0.05, 0) is 37.5 Å². The molecule has 0 radical (unpaired) electrons. The van der Waals surface area contributed by atoms with Gasteiger partial charge in [0.2, 0.25) is 0 Å². The van der Waals surface area contributed by atoms with Gasteiger partial charge in [0.25, 0.3) is 0 Å². The summed E-state index contributed by atoms with van der Waals surface area (Å²) in [4.78, 5) is 0. The molecule has 1 aromatic carbocycles. The zero-order valence-corrected chi connectivity index (χ0v) is 9.71. The number of hydrogen-bond acceptors (Lipinski definition) is 2. The predicted molar refractivity (Wildman–Crippen MR) is 59.9 cm³/mol. The SMILES string of the molecule is CC1(O)CC(N)(c2ccc(Br)cc2)C1. The molecular weight excluding hydrogens is 242 g/mol. The molecule has 1 fully saturated rings. The van der Waals surface area contributed by atoms with Crippen LogP contribution >= 0.6 is 15.9 Å². The minimum Gasteiger partial charge on any atom is -0.390 e. The lowest BCUT2D eigenvalue weighted by atomic mass is 9.63. The Hall–Kier alpha value is -0.380. The van der Waals surface area contributed by atoms with Gasteiger partial charge in [0.1, 0.15) is 0 Å². The Labute approximate surface area is 92.3 Å². The van der Waals surface area contributed by atoms with Crippen molar-refractivity contribution in [1.82, 2.24) is 0 Å². The normalized spacial score (nSPS) is 36.6. The predicted octanol–water partition coefficient (Wildman–Crippen LogP) is 2.15. The van der Waals surface area contributed by atoms with Gasteiger partial charge < -0.3 is 10.8 Å². The molecule has 1 aromatic rings. The molecule has 0 aromatic heterocycles. The number of halogens is 1. The molecule has 0 unspecified atom stereocenters. The van der Waals surface area contributed by atoms with Crippen LogP contribution in [0.5, 0.6) is 0 Å². The maximum Gasteiger partial charge on any atom is 0.0661 e. The van der Waals surface area contributed by atoms with E-state index in [0.29, 0.717) is 12.8 Å². The highest BCUT2D eigenvalue weighted by molar-refractivity contribution is 9.10. The summed E-state index contributed by atoms with van der Waals surface area (Å²) in [6.45, 7) is 1.83. The van der Waals surface area contributed by atoms with Gasteiger partial charge in [-0.2, -0.15) is 0 Å². The van der Waals surface area contributed by atoms with Gasteiger partial charge in [-0.3, -0.25) is 0 Å². The molecule has 0 spiro atoms. The first-order valence-electron chi connectivity index (χ1n) is 4.69. The van der Waals surface area contributed by atoms with Gasteiger partial charge in [-0.1, -0.05) is 28.1 Å². The van der Waals surface area contributed by atoms with Crippen molar-refractivity contribution in [1.29, 1.82) is 0 Å². The van der Waals surface area contributed by atoms with Crippen LogP contribution in [0.4, 0.5) is 0 Å². The van der Waals surface area contributed by atoms with Crippen molar-refractivity contribution < 1.29 is 5.11 Å². The Balaban J connectivity index is 2.21. The summed E-state index contributed by atoms with van der Waals surface area (Å²) < 4.78 is 1.05. The van der Waals surface area contributed by atoms with Gasteiger partial charge >= 0.3 is 0 Å². The zero-order valence-electron chi connectivity index (χ0n) is 8.13. The van der Waals surface area contributed by atoms with E-state index in [4.69, 9.17) is 5.73 Å².